The summed E-state index contributed by atoms with van der Waals surface area (Å²) in [6.45, 7) is 3.52. The number of rotatable bonds is 12. The molecular formula is C31H35NO6. The standard InChI is InChI=1S/C31H35NO6/c1-2-26(33)32-27-28(35-19-24-14-8-4-9-15-24)29(36-20-25-16-10-5-11-17-25)31(22-37-30(27)38-31)21-34-18-23-12-6-3-7-13-23/h3-17,27-30H,2,18-22H2,1H3,(H,32,33). The molecule has 3 aromatic rings. The molecule has 1 amide bonds. The Kier molecular flexibility index (Phi) is 8.83. The topological polar surface area (TPSA) is 75.3 Å². The third-order valence-electron chi connectivity index (χ3n) is 6.97. The first-order chi connectivity index (χ1) is 18.7. The molecule has 2 fully saturated rings. The number of hydrogen-bond acceptors (Lipinski definition) is 6. The molecule has 1 N–H and O–H groups in total. The van der Waals surface area contributed by atoms with E-state index < -0.39 is 30.1 Å². The van der Waals surface area contributed by atoms with Crippen LogP contribution in [0.5, 0.6) is 0 Å². The Labute approximate surface area is 224 Å². The second-order valence-electron chi connectivity index (χ2n) is 9.77. The van der Waals surface area contributed by atoms with E-state index in [1.165, 1.54) is 0 Å². The van der Waals surface area contributed by atoms with Crippen molar-refractivity contribution in [2.24, 2.45) is 0 Å². The van der Waals surface area contributed by atoms with Gasteiger partial charge in [0.2, 0.25) is 5.91 Å². The molecule has 2 bridgehead atoms. The predicted octanol–water partition coefficient (Wildman–Crippen LogP) is 4.39. The van der Waals surface area contributed by atoms with Crippen LogP contribution in [0.3, 0.4) is 0 Å². The van der Waals surface area contributed by atoms with Crippen LogP contribution in [-0.4, -0.2) is 49.3 Å². The van der Waals surface area contributed by atoms with E-state index in [9.17, 15) is 4.79 Å². The van der Waals surface area contributed by atoms with Gasteiger partial charge in [0.25, 0.3) is 0 Å². The Hall–Kier alpha value is -3.07. The molecule has 0 spiro atoms. The summed E-state index contributed by atoms with van der Waals surface area (Å²) in [5, 5.41) is 3.08. The summed E-state index contributed by atoms with van der Waals surface area (Å²) in [5.74, 6) is -0.1000. The van der Waals surface area contributed by atoms with Gasteiger partial charge in [0.15, 0.2) is 6.29 Å². The lowest BCUT2D eigenvalue weighted by Crippen LogP contribution is -2.67. The first-order valence-corrected chi connectivity index (χ1v) is 13.2. The lowest BCUT2D eigenvalue weighted by atomic mass is 9.87. The van der Waals surface area contributed by atoms with Crippen LogP contribution < -0.4 is 5.32 Å². The van der Waals surface area contributed by atoms with E-state index in [4.69, 9.17) is 23.7 Å². The van der Waals surface area contributed by atoms with Crippen LogP contribution in [0.2, 0.25) is 0 Å². The van der Waals surface area contributed by atoms with Crippen molar-refractivity contribution in [3.63, 3.8) is 0 Å². The van der Waals surface area contributed by atoms with Crippen LogP contribution in [0.25, 0.3) is 0 Å². The maximum atomic E-state index is 12.5. The van der Waals surface area contributed by atoms with Gasteiger partial charge >= 0.3 is 0 Å². The SMILES string of the molecule is CCC(=O)NC1C2OCC(COCc3ccccc3)(O2)C(OCc2ccccc2)C1OCc1ccccc1. The number of amides is 1. The molecule has 0 aliphatic carbocycles. The van der Waals surface area contributed by atoms with Crippen molar-refractivity contribution in [2.45, 2.75) is 63.3 Å². The van der Waals surface area contributed by atoms with Crippen LogP contribution in [0.4, 0.5) is 0 Å². The molecule has 5 unspecified atom stereocenters. The molecule has 2 aliphatic heterocycles. The number of carbonyl (C=O) groups is 1. The highest BCUT2D eigenvalue weighted by atomic mass is 16.8. The summed E-state index contributed by atoms with van der Waals surface area (Å²) in [5.41, 5.74) is 2.25. The van der Waals surface area contributed by atoms with Crippen molar-refractivity contribution in [3.05, 3.63) is 108 Å². The van der Waals surface area contributed by atoms with E-state index in [1.807, 2.05) is 97.9 Å². The fraction of sp³-hybridized carbons (Fsp3) is 0.387. The van der Waals surface area contributed by atoms with Gasteiger partial charge in [-0.3, -0.25) is 4.79 Å². The van der Waals surface area contributed by atoms with Crippen LogP contribution in [0, 0.1) is 0 Å². The van der Waals surface area contributed by atoms with Crippen LogP contribution >= 0.6 is 0 Å². The highest BCUT2D eigenvalue weighted by molar-refractivity contribution is 5.76. The maximum absolute atomic E-state index is 12.5. The zero-order chi connectivity index (χ0) is 26.2. The minimum Gasteiger partial charge on any atom is -0.374 e. The van der Waals surface area contributed by atoms with Crippen molar-refractivity contribution in [1.29, 1.82) is 0 Å². The van der Waals surface area contributed by atoms with Gasteiger partial charge in [0.05, 0.1) is 33.0 Å². The molecule has 3 aromatic carbocycles. The Morgan fingerprint density at radius 2 is 1.39 bits per heavy atom. The number of benzene rings is 3. The number of ether oxygens (including phenoxy) is 5. The quantitative estimate of drug-likeness (QED) is 0.384. The van der Waals surface area contributed by atoms with Crippen molar-refractivity contribution < 1.29 is 28.5 Å². The molecule has 2 saturated heterocycles. The van der Waals surface area contributed by atoms with Gasteiger partial charge in [0.1, 0.15) is 23.9 Å². The Morgan fingerprint density at radius 1 is 0.842 bits per heavy atom. The summed E-state index contributed by atoms with van der Waals surface area (Å²) < 4.78 is 31.9. The van der Waals surface area contributed by atoms with Gasteiger partial charge in [-0.15, -0.1) is 0 Å². The van der Waals surface area contributed by atoms with Gasteiger partial charge in [-0.25, -0.2) is 0 Å². The third-order valence-corrected chi connectivity index (χ3v) is 6.97. The molecule has 7 nitrogen and oxygen atoms in total. The summed E-state index contributed by atoms with van der Waals surface area (Å²) in [4.78, 5) is 12.5. The second-order valence-corrected chi connectivity index (χ2v) is 9.77. The van der Waals surface area contributed by atoms with Gasteiger partial charge in [-0.1, -0.05) is 97.9 Å². The fourth-order valence-corrected chi connectivity index (χ4v) is 4.97. The average molecular weight is 518 g/mol. The van der Waals surface area contributed by atoms with Crippen molar-refractivity contribution >= 4 is 5.91 Å². The van der Waals surface area contributed by atoms with E-state index in [2.05, 4.69) is 5.32 Å². The van der Waals surface area contributed by atoms with Gasteiger partial charge in [-0.05, 0) is 16.7 Å². The lowest BCUT2D eigenvalue weighted by Gasteiger charge is -2.46. The first kappa shape index (κ1) is 26.5. The summed E-state index contributed by atoms with van der Waals surface area (Å²) >= 11 is 0. The van der Waals surface area contributed by atoms with Crippen LogP contribution in [0.1, 0.15) is 30.0 Å². The molecule has 200 valence electrons. The van der Waals surface area contributed by atoms with Gasteiger partial charge in [-0.2, -0.15) is 0 Å². The monoisotopic (exact) mass is 517 g/mol. The summed E-state index contributed by atoms with van der Waals surface area (Å²) in [6, 6.07) is 29.4. The Bertz CT molecular complexity index is 1140. The van der Waals surface area contributed by atoms with E-state index in [1.54, 1.807) is 0 Å². The minimum atomic E-state index is -0.886. The average Bonchev–Trinajstić information content (AvgIpc) is 3.35. The molecule has 5 rings (SSSR count). The Morgan fingerprint density at radius 3 is 1.97 bits per heavy atom. The Balaban J connectivity index is 1.41. The molecule has 38 heavy (non-hydrogen) atoms. The molecule has 0 radical (unpaired) electrons. The van der Waals surface area contributed by atoms with E-state index in [0.29, 0.717) is 26.2 Å². The summed E-state index contributed by atoms with van der Waals surface area (Å²) in [7, 11) is 0. The number of fused-ring (bicyclic) bond motifs is 2. The third kappa shape index (κ3) is 6.31. The maximum Gasteiger partial charge on any atom is 0.220 e. The van der Waals surface area contributed by atoms with Crippen LogP contribution in [0.15, 0.2) is 91.0 Å². The molecule has 7 heteroatoms. The largest absolute Gasteiger partial charge is 0.374 e. The molecule has 5 atom stereocenters. The minimum absolute atomic E-state index is 0.1000. The number of nitrogens with one attached hydrogen (secondary N) is 1. The smallest absolute Gasteiger partial charge is 0.220 e. The molecule has 2 aliphatic rings. The zero-order valence-electron chi connectivity index (χ0n) is 21.7. The van der Waals surface area contributed by atoms with Crippen molar-refractivity contribution in [1.82, 2.24) is 5.32 Å². The molecular weight excluding hydrogens is 482 g/mol. The normalized spacial score (nSPS) is 26.2. The predicted molar refractivity (Wildman–Crippen MR) is 142 cm³/mol. The molecule has 0 saturated carbocycles. The summed E-state index contributed by atoms with van der Waals surface area (Å²) in [6.07, 6.45) is -1.39. The van der Waals surface area contributed by atoms with E-state index in [-0.39, 0.29) is 19.1 Å². The van der Waals surface area contributed by atoms with E-state index >= 15 is 0 Å². The number of hydrogen-bond donors (Lipinski definition) is 1. The number of carbonyl (C=O) groups excluding carboxylic acids is 1. The van der Waals surface area contributed by atoms with Gasteiger partial charge < -0.3 is 29.0 Å². The first-order valence-electron chi connectivity index (χ1n) is 13.2. The lowest BCUT2D eigenvalue weighted by molar-refractivity contribution is -0.264. The fourth-order valence-electron chi connectivity index (χ4n) is 4.97. The molecule has 2 heterocycles. The second kappa shape index (κ2) is 12.7. The van der Waals surface area contributed by atoms with E-state index in [0.717, 1.165) is 16.7 Å². The highest BCUT2D eigenvalue weighted by Gasteiger charge is 2.61. The zero-order valence-corrected chi connectivity index (χ0v) is 21.7. The molecule has 0 aromatic heterocycles. The van der Waals surface area contributed by atoms with Gasteiger partial charge in [0, 0.05) is 6.42 Å². The highest BCUT2D eigenvalue weighted by Crippen LogP contribution is 2.41. The van der Waals surface area contributed by atoms with Crippen LogP contribution in [-0.2, 0) is 48.3 Å². The van der Waals surface area contributed by atoms with Crippen molar-refractivity contribution in [3.8, 4) is 0 Å². The van der Waals surface area contributed by atoms with Crippen molar-refractivity contribution in [2.75, 3.05) is 13.2 Å².